The average molecular weight is 296 g/mol. The van der Waals surface area contributed by atoms with Gasteiger partial charge >= 0.3 is 5.69 Å². The standard InChI is InChI=1S/C14H11F3N2O2/c15-12-7-11(5-6-13(12)19(20)21)18-8-9-1-3-10(4-2-9)14(16)17/h1-7,14,18H,8H2. The van der Waals surface area contributed by atoms with E-state index in [2.05, 4.69) is 5.32 Å². The van der Waals surface area contributed by atoms with Gasteiger partial charge in [-0.05, 0) is 11.6 Å². The smallest absolute Gasteiger partial charge is 0.304 e. The molecule has 110 valence electrons. The van der Waals surface area contributed by atoms with Gasteiger partial charge in [0.1, 0.15) is 0 Å². The van der Waals surface area contributed by atoms with Crippen LogP contribution in [-0.4, -0.2) is 4.92 Å². The van der Waals surface area contributed by atoms with Gasteiger partial charge in [-0.3, -0.25) is 10.1 Å². The van der Waals surface area contributed by atoms with Gasteiger partial charge in [-0.15, -0.1) is 0 Å². The number of nitrogens with one attached hydrogen (secondary N) is 1. The first-order chi connectivity index (χ1) is 9.97. The zero-order valence-corrected chi connectivity index (χ0v) is 10.7. The quantitative estimate of drug-likeness (QED) is 0.661. The number of nitrogens with zero attached hydrogens (tertiary/aromatic N) is 1. The van der Waals surface area contributed by atoms with E-state index in [4.69, 9.17) is 0 Å². The van der Waals surface area contributed by atoms with Crippen molar-refractivity contribution in [2.24, 2.45) is 0 Å². The maximum Gasteiger partial charge on any atom is 0.304 e. The predicted octanol–water partition coefficient (Wildman–Crippen LogP) is 4.28. The molecule has 0 aliphatic heterocycles. The summed E-state index contributed by atoms with van der Waals surface area (Å²) in [6, 6.07) is 9.18. The van der Waals surface area contributed by atoms with Crippen molar-refractivity contribution in [1.29, 1.82) is 0 Å². The largest absolute Gasteiger partial charge is 0.381 e. The summed E-state index contributed by atoms with van der Waals surface area (Å²) in [5, 5.41) is 13.3. The van der Waals surface area contributed by atoms with Crippen molar-refractivity contribution in [3.63, 3.8) is 0 Å². The lowest BCUT2D eigenvalue weighted by Crippen LogP contribution is -2.01. The van der Waals surface area contributed by atoms with E-state index >= 15 is 0 Å². The van der Waals surface area contributed by atoms with Crippen molar-refractivity contribution in [1.82, 2.24) is 0 Å². The maximum atomic E-state index is 13.4. The normalized spacial score (nSPS) is 10.7. The van der Waals surface area contributed by atoms with E-state index in [9.17, 15) is 23.3 Å². The Morgan fingerprint density at radius 2 is 1.81 bits per heavy atom. The van der Waals surface area contributed by atoms with Gasteiger partial charge in [0.05, 0.1) is 4.92 Å². The van der Waals surface area contributed by atoms with Gasteiger partial charge in [0, 0.05) is 29.9 Å². The average Bonchev–Trinajstić information content (AvgIpc) is 2.45. The Labute approximate surface area is 118 Å². The van der Waals surface area contributed by atoms with Crippen LogP contribution in [0.3, 0.4) is 0 Å². The van der Waals surface area contributed by atoms with Crippen molar-refractivity contribution < 1.29 is 18.1 Å². The van der Waals surface area contributed by atoms with E-state index in [-0.39, 0.29) is 5.56 Å². The molecule has 0 aromatic heterocycles. The molecule has 7 heteroatoms. The number of hydrogen-bond donors (Lipinski definition) is 1. The van der Waals surface area contributed by atoms with Crippen LogP contribution in [0.25, 0.3) is 0 Å². The lowest BCUT2D eigenvalue weighted by Gasteiger charge is -2.07. The van der Waals surface area contributed by atoms with Crippen LogP contribution in [-0.2, 0) is 6.54 Å². The fraction of sp³-hybridized carbons (Fsp3) is 0.143. The number of rotatable bonds is 5. The zero-order valence-electron chi connectivity index (χ0n) is 10.7. The second kappa shape index (κ2) is 6.25. The molecule has 0 fully saturated rings. The summed E-state index contributed by atoms with van der Waals surface area (Å²) in [7, 11) is 0. The Balaban J connectivity index is 2.03. The number of nitro groups is 1. The molecule has 0 saturated heterocycles. The molecule has 0 saturated carbocycles. The highest BCUT2D eigenvalue weighted by atomic mass is 19.3. The minimum Gasteiger partial charge on any atom is -0.381 e. The summed E-state index contributed by atoms with van der Waals surface area (Å²) >= 11 is 0. The summed E-state index contributed by atoms with van der Waals surface area (Å²) in [5.74, 6) is -0.932. The van der Waals surface area contributed by atoms with Crippen molar-refractivity contribution in [3.8, 4) is 0 Å². The third kappa shape index (κ3) is 3.71. The Bertz CT molecular complexity index is 645. The molecule has 2 aromatic rings. The second-order valence-corrected chi connectivity index (χ2v) is 4.32. The molecule has 0 heterocycles. The number of benzene rings is 2. The van der Waals surface area contributed by atoms with Crippen molar-refractivity contribution in [3.05, 3.63) is 69.5 Å². The third-order valence-electron chi connectivity index (χ3n) is 2.87. The van der Waals surface area contributed by atoms with Gasteiger partial charge in [0.15, 0.2) is 0 Å². The molecule has 1 N–H and O–H groups in total. The molecule has 21 heavy (non-hydrogen) atoms. The number of alkyl halides is 2. The molecule has 2 rings (SSSR count). The van der Waals surface area contributed by atoms with Crippen LogP contribution in [0.15, 0.2) is 42.5 Å². The van der Waals surface area contributed by atoms with E-state index in [1.807, 2.05) is 0 Å². The Kier molecular flexibility index (Phi) is 4.42. The highest BCUT2D eigenvalue weighted by molar-refractivity contribution is 5.50. The topological polar surface area (TPSA) is 55.2 Å². The molecule has 0 aliphatic carbocycles. The Morgan fingerprint density at radius 3 is 2.33 bits per heavy atom. The van der Waals surface area contributed by atoms with Gasteiger partial charge in [0.2, 0.25) is 5.82 Å². The number of anilines is 1. The molecule has 0 bridgehead atoms. The van der Waals surface area contributed by atoms with E-state index < -0.39 is 22.9 Å². The monoisotopic (exact) mass is 296 g/mol. The third-order valence-corrected chi connectivity index (χ3v) is 2.87. The molecule has 0 atom stereocenters. The molecular formula is C14H11F3N2O2. The van der Waals surface area contributed by atoms with Gasteiger partial charge in [-0.2, -0.15) is 4.39 Å². The number of hydrogen-bond acceptors (Lipinski definition) is 3. The van der Waals surface area contributed by atoms with Crippen molar-refractivity contribution >= 4 is 11.4 Å². The zero-order chi connectivity index (χ0) is 15.4. The van der Waals surface area contributed by atoms with Crippen molar-refractivity contribution in [2.75, 3.05) is 5.32 Å². The first kappa shape index (κ1) is 14.8. The van der Waals surface area contributed by atoms with Crippen molar-refractivity contribution in [2.45, 2.75) is 13.0 Å². The van der Waals surface area contributed by atoms with Crippen LogP contribution in [0.1, 0.15) is 17.6 Å². The van der Waals surface area contributed by atoms with Gasteiger partial charge < -0.3 is 5.32 Å². The summed E-state index contributed by atoms with van der Waals surface area (Å²) < 4.78 is 38.2. The number of halogens is 3. The minimum atomic E-state index is -2.52. The van der Waals surface area contributed by atoms with E-state index in [0.29, 0.717) is 12.2 Å². The minimum absolute atomic E-state index is 0.0693. The van der Waals surface area contributed by atoms with Gasteiger partial charge in [-0.25, -0.2) is 8.78 Å². The van der Waals surface area contributed by atoms with E-state index in [1.165, 1.54) is 30.3 Å². The van der Waals surface area contributed by atoms with E-state index in [0.717, 1.165) is 17.7 Å². The SMILES string of the molecule is O=[N+]([O-])c1ccc(NCc2ccc(C(F)F)cc2)cc1F. The lowest BCUT2D eigenvalue weighted by atomic mass is 10.1. The summed E-state index contributed by atoms with van der Waals surface area (Å²) in [4.78, 5) is 9.68. The van der Waals surface area contributed by atoms with Crippen LogP contribution in [0, 0.1) is 15.9 Å². The molecule has 2 aromatic carbocycles. The molecule has 0 radical (unpaired) electrons. The molecule has 0 unspecified atom stereocenters. The van der Waals surface area contributed by atoms with Crippen LogP contribution < -0.4 is 5.32 Å². The summed E-state index contributed by atoms with van der Waals surface area (Å²) in [6.45, 7) is 0.292. The highest BCUT2D eigenvalue weighted by Crippen LogP contribution is 2.22. The fourth-order valence-corrected chi connectivity index (χ4v) is 1.75. The van der Waals surface area contributed by atoms with E-state index in [1.54, 1.807) is 0 Å². The summed E-state index contributed by atoms with van der Waals surface area (Å²) in [6.07, 6.45) is -2.52. The lowest BCUT2D eigenvalue weighted by molar-refractivity contribution is -0.387. The van der Waals surface area contributed by atoms with Crippen LogP contribution in [0.5, 0.6) is 0 Å². The second-order valence-electron chi connectivity index (χ2n) is 4.32. The maximum absolute atomic E-state index is 13.4. The first-order valence-corrected chi connectivity index (χ1v) is 6.02. The molecular weight excluding hydrogens is 285 g/mol. The highest BCUT2D eigenvalue weighted by Gasteiger charge is 2.13. The first-order valence-electron chi connectivity index (χ1n) is 6.02. The van der Waals surface area contributed by atoms with Crippen LogP contribution in [0.4, 0.5) is 24.5 Å². The summed E-state index contributed by atoms with van der Waals surface area (Å²) in [5.41, 5.74) is 0.441. The van der Waals surface area contributed by atoms with Crippen LogP contribution in [0.2, 0.25) is 0 Å². The molecule has 0 amide bonds. The molecule has 0 aliphatic rings. The molecule has 0 spiro atoms. The molecule has 4 nitrogen and oxygen atoms in total. The predicted molar refractivity (Wildman–Crippen MR) is 71.8 cm³/mol. The van der Waals surface area contributed by atoms with Gasteiger partial charge in [0.25, 0.3) is 6.43 Å². The fourth-order valence-electron chi connectivity index (χ4n) is 1.75. The van der Waals surface area contributed by atoms with Crippen LogP contribution >= 0.6 is 0 Å². The Hall–Kier alpha value is -2.57. The Morgan fingerprint density at radius 1 is 1.14 bits per heavy atom. The number of nitro benzene ring substituents is 1. The van der Waals surface area contributed by atoms with Gasteiger partial charge in [-0.1, -0.05) is 24.3 Å².